The summed E-state index contributed by atoms with van der Waals surface area (Å²) in [4.78, 5) is 31.5. The minimum Gasteiger partial charge on any atom is -0.693 e. The van der Waals surface area contributed by atoms with E-state index < -0.39 is 29.4 Å². The molecule has 23 heavy (non-hydrogen) atoms. The second kappa shape index (κ2) is 10.7. The molecule has 0 aromatic rings. The van der Waals surface area contributed by atoms with Gasteiger partial charge >= 0.3 is 27.0 Å². The second-order valence-electron chi connectivity index (χ2n) is 5.63. The van der Waals surface area contributed by atoms with Crippen molar-refractivity contribution in [3.8, 4) is 0 Å². The zero-order chi connectivity index (χ0) is 16.0. The summed E-state index contributed by atoms with van der Waals surface area (Å²) < 4.78 is 4.62. The Balaban J connectivity index is 0. The number of carboxylic acid groups (broad SMARTS) is 2. The molecule has 134 valence electrons. The maximum atomic E-state index is 10.5. The molecule has 8 nitrogen and oxygen atoms in total. The molecule has 3 N–H and O–H groups in total. The topological polar surface area (TPSA) is 164 Å². The summed E-state index contributed by atoms with van der Waals surface area (Å²) in [6.45, 7) is 1.16. The number of carboxylic acids is 2. The van der Waals surface area contributed by atoms with Gasteiger partial charge in [0.25, 0.3) is 0 Å². The molecule has 2 saturated carbocycles. The summed E-state index contributed by atoms with van der Waals surface area (Å²) in [7, 11) is 0. The molecule has 2 fully saturated rings. The van der Waals surface area contributed by atoms with Crippen molar-refractivity contribution in [2.45, 2.75) is 64.0 Å². The number of nitrogens with one attached hydrogen (secondary N) is 1. The molecule has 0 unspecified atom stereocenters. The molecule has 0 bridgehead atoms. The SMILES string of the molecule is CC(=O)OC1CC(C(=O)[O-])(C(=O)[O-])C1.[NH-]C1CCCCC1.[NH2-].[Pt+4]. The monoisotopic (exact) mass is 509 g/mol. The Bertz CT molecular complexity index is 390. The van der Waals surface area contributed by atoms with Gasteiger partial charge in [-0.15, -0.1) is 6.04 Å². The molecular formula is C14H22N2O6Pt. The minimum atomic E-state index is -1.99. The summed E-state index contributed by atoms with van der Waals surface area (Å²) in [5.74, 6) is -3.96. The molecule has 9 heteroatoms. The molecule has 0 atom stereocenters. The van der Waals surface area contributed by atoms with E-state index in [-0.39, 0.29) is 46.1 Å². The Hall–Kier alpha value is -0.982. The largest absolute Gasteiger partial charge is 4.00 e. The van der Waals surface area contributed by atoms with Gasteiger partial charge < -0.3 is 36.4 Å². The van der Waals surface area contributed by atoms with Crippen LogP contribution in [0.15, 0.2) is 0 Å². The van der Waals surface area contributed by atoms with Crippen molar-refractivity contribution < 1.29 is 50.4 Å². The summed E-state index contributed by atoms with van der Waals surface area (Å²) in [6.07, 6.45) is 5.05. The van der Waals surface area contributed by atoms with Gasteiger partial charge in [-0.25, -0.2) is 0 Å². The molecule has 0 aromatic heterocycles. The average Bonchev–Trinajstić information content (AvgIpc) is 2.33. The Morgan fingerprint density at radius 3 is 1.74 bits per heavy atom. The van der Waals surface area contributed by atoms with Gasteiger partial charge in [0.2, 0.25) is 0 Å². The number of hydrogen-bond donors (Lipinski definition) is 0. The third-order valence-electron chi connectivity index (χ3n) is 3.87. The van der Waals surface area contributed by atoms with Crippen LogP contribution in [0.5, 0.6) is 0 Å². The van der Waals surface area contributed by atoms with Crippen LogP contribution >= 0.6 is 0 Å². The van der Waals surface area contributed by atoms with Crippen LogP contribution in [-0.2, 0) is 40.2 Å². The van der Waals surface area contributed by atoms with E-state index in [1.807, 2.05) is 0 Å². The fourth-order valence-electron chi connectivity index (χ4n) is 2.55. The van der Waals surface area contributed by atoms with Crippen molar-refractivity contribution in [2.75, 3.05) is 0 Å². The number of esters is 1. The fourth-order valence-corrected chi connectivity index (χ4v) is 2.55. The first kappa shape index (κ1) is 24.3. The quantitative estimate of drug-likeness (QED) is 0.392. The Kier molecular flexibility index (Phi) is 11.3. The zero-order valence-corrected chi connectivity index (χ0v) is 15.2. The number of carbonyl (C=O) groups excluding carboxylic acids is 3. The number of rotatable bonds is 3. The maximum Gasteiger partial charge on any atom is 4.00 e. The third kappa shape index (κ3) is 6.97. The first-order chi connectivity index (χ1) is 9.78. The average molecular weight is 509 g/mol. The van der Waals surface area contributed by atoms with E-state index in [0.29, 0.717) is 0 Å². The molecular weight excluding hydrogens is 487 g/mol. The van der Waals surface area contributed by atoms with Gasteiger partial charge in [0.15, 0.2) is 0 Å². The molecule has 0 radical (unpaired) electrons. The van der Waals surface area contributed by atoms with Gasteiger partial charge in [-0.3, -0.25) is 4.79 Å². The van der Waals surface area contributed by atoms with E-state index in [1.54, 1.807) is 0 Å². The molecule has 2 aliphatic carbocycles. The van der Waals surface area contributed by atoms with Crippen LogP contribution in [0, 0.1) is 5.41 Å². The van der Waals surface area contributed by atoms with Crippen molar-refractivity contribution in [1.29, 1.82) is 0 Å². The van der Waals surface area contributed by atoms with Crippen LogP contribution in [0.4, 0.5) is 0 Å². The van der Waals surface area contributed by atoms with Gasteiger partial charge in [-0.2, -0.15) is 0 Å². The predicted octanol–water partition coefficient (Wildman–Crippen LogP) is 0.284. The molecule has 0 saturated heterocycles. The van der Waals surface area contributed by atoms with Gasteiger partial charge in [-0.05, 0) is 0 Å². The van der Waals surface area contributed by atoms with Crippen LogP contribution in [0.2, 0.25) is 0 Å². The minimum absolute atomic E-state index is 0. The molecule has 0 aromatic carbocycles. The first-order valence-electron chi connectivity index (χ1n) is 7.09. The van der Waals surface area contributed by atoms with Crippen LogP contribution in [-0.4, -0.2) is 30.1 Å². The van der Waals surface area contributed by atoms with Gasteiger partial charge in [0.1, 0.15) is 6.10 Å². The molecule has 0 heterocycles. The van der Waals surface area contributed by atoms with Gasteiger partial charge in [0, 0.05) is 19.8 Å². The number of nitrogens with two attached hydrogens (primary N) is 1. The number of ether oxygens (including phenoxy) is 1. The number of carbonyl (C=O) groups is 3. The molecule has 2 rings (SSSR count). The predicted molar refractivity (Wildman–Crippen MR) is 73.7 cm³/mol. The summed E-state index contributed by atoms with van der Waals surface area (Å²) in [5.41, 5.74) is 5.29. The fraction of sp³-hybridized carbons (Fsp3) is 0.786. The van der Waals surface area contributed by atoms with Crippen LogP contribution in [0.25, 0.3) is 11.9 Å². The van der Waals surface area contributed by atoms with Crippen molar-refractivity contribution in [3.05, 3.63) is 11.9 Å². The summed E-state index contributed by atoms with van der Waals surface area (Å²) in [5, 5.41) is 21.0. The summed E-state index contributed by atoms with van der Waals surface area (Å²) in [6, 6.07) is 0.286. The Morgan fingerprint density at radius 1 is 1.04 bits per heavy atom. The van der Waals surface area contributed by atoms with Crippen LogP contribution in [0.1, 0.15) is 51.9 Å². The summed E-state index contributed by atoms with van der Waals surface area (Å²) >= 11 is 0. The van der Waals surface area contributed by atoms with E-state index in [2.05, 4.69) is 4.74 Å². The van der Waals surface area contributed by atoms with E-state index in [0.717, 1.165) is 19.8 Å². The number of aliphatic carboxylic acids is 2. The molecule has 0 aliphatic heterocycles. The van der Waals surface area contributed by atoms with Crippen molar-refractivity contribution in [2.24, 2.45) is 5.41 Å². The molecule has 2 aliphatic rings. The van der Waals surface area contributed by atoms with Gasteiger partial charge in [-0.1, -0.05) is 32.1 Å². The Labute approximate surface area is 150 Å². The van der Waals surface area contributed by atoms with E-state index in [1.165, 1.54) is 19.3 Å². The smallest absolute Gasteiger partial charge is 0.693 e. The van der Waals surface area contributed by atoms with Crippen molar-refractivity contribution in [1.82, 2.24) is 0 Å². The molecule has 0 spiro atoms. The maximum absolute atomic E-state index is 10.5. The standard InChI is InChI=1S/C8H10O6.C6H12N.H2N.Pt/c1-4(9)14-5-2-8(3-5,6(10)11)7(12)13;7-6-4-2-1-3-5-6;;/h5H,2-3H2,1H3,(H,10,11)(H,12,13);6-7H,1-5H2;1H2;/q;2*-1;+4/p-2. The van der Waals surface area contributed by atoms with Crippen LogP contribution < -0.4 is 10.2 Å². The van der Waals surface area contributed by atoms with Gasteiger partial charge in [0.05, 0.1) is 17.4 Å². The zero-order valence-electron chi connectivity index (χ0n) is 12.9. The third-order valence-corrected chi connectivity index (χ3v) is 3.87. The normalized spacial score (nSPS) is 19.6. The van der Waals surface area contributed by atoms with Crippen LogP contribution in [0.3, 0.4) is 0 Å². The number of hydrogen-bond acceptors (Lipinski definition) is 6. The van der Waals surface area contributed by atoms with Crippen molar-refractivity contribution in [3.63, 3.8) is 0 Å². The molecule has 0 amide bonds. The van der Waals surface area contributed by atoms with E-state index in [9.17, 15) is 24.6 Å². The van der Waals surface area contributed by atoms with E-state index in [4.69, 9.17) is 5.73 Å². The Morgan fingerprint density at radius 2 is 1.48 bits per heavy atom. The van der Waals surface area contributed by atoms with Crippen molar-refractivity contribution >= 4 is 17.9 Å². The second-order valence-corrected chi connectivity index (χ2v) is 5.63. The van der Waals surface area contributed by atoms with E-state index >= 15 is 0 Å². The first-order valence-corrected chi connectivity index (χ1v) is 7.09.